The number of hydrogen-bond donors (Lipinski definition) is 1. The predicted molar refractivity (Wildman–Crippen MR) is 51.1 cm³/mol. The summed E-state index contributed by atoms with van der Waals surface area (Å²) in [5.41, 5.74) is 1.03. The number of hydrogen-bond acceptors (Lipinski definition) is 3. The van der Waals surface area contributed by atoms with Gasteiger partial charge in [-0.2, -0.15) is 10.2 Å². The van der Waals surface area contributed by atoms with Crippen LogP contribution >= 0.6 is 0 Å². The molecule has 0 bridgehead atoms. The second-order valence-electron chi connectivity index (χ2n) is 3.62. The van der Waals surface area contributed by atoms with Crippen LogP contribution in [-0.4, -0.2) is 16.7 Å². The zero-order valence-electron chi connectivity index (χ0n) is 7.74. The Bertz CT molecular complexity index is 244. The predicted octanol–water partition coefficient (Wildman–Crippen LogP) is 1.37. The number of nitrogens with zero attached hydrogens (tertiary/aromatic N) is 2. The summed E-state index contributed by atoms with van der Waals surface area (Å²) < 4.78 is 0. The molecule has 0 atom stereocenters. The van der Waals surface area contributed by atoms with Crippen LogP contribution in [0.2, 0.25) is 0 Å². The van der Waals surface area contributed by atoms with Crippen LogP contribution < -0.4 is 5.32 Å². The molecule has 3 heteroatoms. The van der Waals surface area contributed by atoms with Gasteiger partial charge in [0.15, 0.2) is 0 Å². The third-order valence-corrected chi connectivity index (χ3v) is 2.36. The van der Waals surface area contributed by atoms with Crippen molar-refractivity contribution in [1.82, 2.24) is 15.5 Å². The second kappa shape index (κ2) is 4.33. The quantitative estimate of drug-likeness (QED) is 0.690. The van der Waals surface area contributed by atoms with Gasteiger partial charge in [-0.3, -0.25) is 0 Å². The molecule has 1 aromatic rings. The highest BCUT2D eigenvalue weighted by Crippen LogP contribution is 2.31. The standard InChI is InChI=1S/C10H15N3/c1-2-10(13-12-6-1)8-11-7-5-9-3-4-9/h1-2,6,9,11H,3-5,7-8H2. The van der Waals surface area contributed by atoms with Crippen molar-refractivity contribution in [3.05, 3.63) is 24.0 Å². The van der Waals surface area contributed by atoms with E-state index >= 15 is 0 Å². The molecule has 2 rings (SSSR count). The minimum Gasteiger partial charge on any atom is -0.311 e. The van der Waals surface area contributed by atoms with Crippen molar-refractivity contribution in [2.45, 2.75) is 25.8 Å². The Balaban J connectivity index is 1.61. The summed E-state index contributed by atoms with van der Waals surface area (Å²) >= 11 is 0. The first-order valence-electron chi connectivity index (χ1n) is 4.92. The molecule has 1 N–H and O–H groups in total. The molecule has 0 aromatic carbocycles. The first kappa shape index (κ1) is 8.63. The molecule has 70 valence electrons. The summed E-state index contributed by atoms with van der Waals surface area (Å²) in [6.45, 7) is 1.96. The van der Waals surface area contributed by atoms with Crippen LogP contribution in [0.1, 0.15) is 25.0 Å². The lowest BCUT2D eigenvalue weighted by atomic mass is 10.3. The van der Waals surface area contributed by atoms with Gasteiger partial charge >= 0.3 is 0 Å². The first-order chi connectivity index (χ1) is 6.45. The number of rotatable bonds is 5. The fraction of sp³-hybridized carbons (Fsp3) is 0.600. The number of aromatic nitrogens is 2. The zero-order chi connectivity index (χ0) is 8.93. The van der Waals surface area contributed by atoms with Gasteiger partial charge in [0, 0.05) is 12.7 Å². The van der Waals surface area contributed by atoms with Gasteiger partial charge in [-0.05, 0) is 31.0 Å². The van der Waals surface area contributed by atoms with Gasteiger partial charge in [0.25, 0.3) is 0 Å². The van der Waals surface area contributed by atoms with Gasteiger partial charge in [0.2, 0.25) is 0 Å². The van der Waals surface area contributed by atoms with Gasteiger partial charge in [-0.1, -0.05) is 12.8 Å². The van der Waals surface area contributed by atoms with E-state index in [1.807, 2.05) is 12.1 Å². The third-order valence-electron chi connectivity index (χ3n) is 2.36. The van der Waals surface area contributed by atoms with E-state index in [9.17, 15) is 0 Å². The first-order valence-corrected chi connectivity index (χ1v) is 4.92. The van der Waals surface area contributed by atoms with E-state index in [0.717, 1.165) is 24.7 Å². The van der Waals surface area contributed by atoms with Crippen molar-refractivity contribution < 1.29 is 0 Å². The summed E-state index contributed by atoms with van der Waals surface area (Å²) in [5, 5.41) is 11.2. The summed E-state index contributed by atoms with van der Waals surface area (Å²) in [7, 11) is 0. The fourth-order valence-electron chi connectivity index (χ4n) is 1.36. The lowest BCUT2D eigenvalue weighted by molar-refractivity contribution is 0.603. The second-order valence-corrected chi connectivity index (χ2v) is 3.62. The molecule has 13 heavy (non-hydrogen) atoms. The molecule has 0 saturated heterocycles. The Kier molecular flexibility index (Phi) is 2.87. The van der Waals surface area contributed by atoms with Gasteiger partial charge in [0.1, 0.15) is 0 Å². The highest BCUT2D eigenvalue weighted by molar-refractivity contribution is 4.98. The third kappa shape index (κ3) is 3.11. The van der Waals surface area contributed by atoms with E-state index in [4.69, 9.17) is 0 Å². The molecule has 1 aliphatic carbocycles. The zero-order valence-corrected chi connectivity index (χ0v) is 7.74. The summed E-state index contributed by atoms with van der Waals surface area (Å²) in [5.74, 6) is 1.01. The molecule has 1 heterocycles. The Morgan fingerprint density at radius 1 is 1.46 bits per heavy atom. The molecule has 0 radical (unpaired) electrons. The molecule has 3 nitrogen and oxygen atoms in total. The molecule has 0 aliphatic heterocycles. The lowest BCUT2D eigenvalue weighted by Gasteiger charge is -2.01. The molecular formula is C10H15N3. The highest BCUT2D eigenvalue weighted by Gasteiger charge is 2.19. The van der Waals surface area contributed by atoms with Crippen molar-refractivity contribution in [3.8, 4) is 0 Å². The van der Waals surface area contributed by atoms with Crippen molar-refractivity contribution in [2.75, 3.05) is 6.54 Å². The van der Waals surface area contributed by atoms with Crippen LogP contribution in [0.3, 0.4) is 0 Å². The van der Waals surface area contributed by atoms with Crippen molar-refractivity contribution in [2.24, 2.45) is 5.92 Å². The highest BCUT2D eigenvalue weighted by atomic mass is 15.1. The molecule has 1 aliphatic rings. The van der Waals surface area contributed by atoms with Crippen LogP contribution in [-0.2, 0) is 6.54 Å². The molecular weight excluding hydrogens is 162 g/mol. The SMILES string of the molecule is c1cnnc(CNCCC2CC2)c1. The molecule has 0 unspecified atom stereocenters. The summed E-state index contributed by atoms with van der Waals surface area (Å²) in [4.78, 5) is 0. The monoisotopic (exact) mass is 177 g/mol. The Labute approximate surface area is 78.6 Å². The smallest absolute Gasteiger partial charge is 0.0768 e. The largest absolute Gasteiger partial charge is 0.311 e. The fourth-order valence-corrected chi connectivity index (χ4v) is 1.36. The molecule has 1 saturated carbocycles. The normalized spacial score (nSPS) is 16.0. The van der Waals surface area contributed by atoms with E-state index in [1.54, 1.807) is 6.20 Å². The van der Waals surface area contributed by atoms with E-state index in [0.29, 0.717) is 0 Å². The van der Waals surface area contributed by atoms with Gasteiger partial charge in [0.05, 0.1) is 5.69 Å². The average Bonchev–Trinajstić information content (AvgIpc) is 2.98. The average molecular weight is 177 g/mol. The maximum atomic E-state index is 4.00. The van der Waals surface area contributed by atoms with Crippen LogP contribution in [0.5, 0.6) is 0 Å². The van der Waals surface area contributed by atoms with Crippen molar-refractivity contribution in [3.63, 3.8) is 0 Å². The lowest BCUT2D eigenvalue weighted by Crippen LogP contribution is -2.16. The maximum Gasteiger partial charge on any atom is 0.0768 e. The minimum atomic E-state index is 0.848. The summed E-state index contributed by atoms with van der Waals surface area (Å²) in [6.07, 6.45) is 5.90. The van der Waals surface area contributed by atoms with Crippen LogP contribution in [0.4, 0.5) is 0 Å². The molecule has 1 aromatic heterocycles. The molecule has 0 spiro atoms. The van der Waals surface area contributed by atoms with Crippen molar-refractivity contribution in [1.29, 1.82) is 0 Å². The Hall–Kier alpha value is -0.960. The van der Waals surface area contributed by atoms with Crippen molar-refractivity contribution >= 4 is 0 Å². The van der Waals surface area contributed by atoms with Crippen LogP contribution in [0.15, 0.2) is 18.3 Å². The van der Waals surface area contributed by atoms with E-state index in [1.165, 1.54) is 19.3 Å². The van der Waals surface area contributed by atoms with Crippen LogP contribution in [0, 0.1) is 5.92 Å². The topological polar surface area (TPSA) is 37.8 Å². The minimum absolute atomic E-state index is 0.848. The number of nitrogens with one attached hydrogen (secondary N) is 1. The van der Waals surface area contributed by atoms with Gasteiger partial charge in [-0.25, -0.2) is 0 Å². The maximum absolute atomic E-state index is 4.00. The van der Waals surface area contributed by atoms with E-state index < -0.39 is 0 Å². The van der Waals surface area contributed by atoms with Gasteiger partial charge < -0.3 is 5.32 Å². The van der Waals surface area contributed by atoms with E-state index in [-0.39, 0.29) is 0 Å². The Morgan fingerprint density at radius 2 is 2.38 bits per heavy atom. The molecule has 0 amide bonds. The Morgan fingerprint density at radius 3 is 3.08 bits per heavy atom. The van der Waals surface area contributed by atoms with Gasteiger partial charge in [-0.15, -0.1) is 0 Å². The van der Waals surface area contributed by atoms with Crippen LogP contribution in [0.25, 0.3) is 0 Å². The van der Waals surface area contributed by atoms with E-state index in [2.05, 4.69) is 15.5 Å². The molecule has 1 fully saturated rings. The summed E-state index contributed by atoms with van der Waals surface area (Å²) in [6, 6.07) is 3.92.